The van der Waals surface area contributed by atoms with Gasteiger partial charge in [0.1, 0.15) is 5.41 Å². The molecule has 5 nitrogen and oxygen atoms in total. The number of carbonyl (C=O) groups is 2. The molecule has 1 aliphatic carbocycles. The Morgan fingerprint density at radius 3 is 2.56 bits per heavy atom. The molecule has 0 aliphatic heterocycles. The van der Waals surface area contributed by atoms with E-state index in [0.29, 0.717) is 25.1 Å². The van der Waals surface area contributed by atoms with Crippen LogP contribution in [0.4, 0.5) is 5.69 Å². The number of benzene rings is 2. The number of pyridine rings is 1. The van der Waals surface area contributed by atoms with Gasteiger partial charge in [-0.2, -0.15) is 0 Å². The van der Waals surface area contributed by atoms with Crippen molar-refractivity contribution in [1.29, 1.82) is 0 Å². The highest BCUT2D eigenvalue weighted by Crippen LogP contribution is 2.47. The Morgan fingerprint density at radius 2 is 1.78 bits per heavy atom. The summed E-state index contributed by atoms with van der Waals surface area (Å²) in [5.74, 6) is -0.473. The van der Waals surface area contributed by atoms with Crippen molar-refractivity contribution >= 4 is 28.4 Å². The fourth-order valence-electron chi connectivity index (χ4n) is 3.28. The molecule has 1 heterocycles. The number of aromatic nitrogens is 1. The number of aryl methyl sites for hydroxylation is 1. The van der Waals surface area contributed by atoms with Crippen LogP contribution in [0.2, 0.25) is 0 Å². The Labute approximate surface area is 157 Å². The summed E-state index contributed by atoms with van der Waals surface area (Å²) in [6.45, 7) is 2.44. The van der Waals surface area contributed by atoms with E-state index >= 15 is 0 Å². The Hall–Kier alpha value is -3.21. The summed E-state index contributed by atoms with van der Waals surface area (Å²) in [4.78, 5) is 29.9. The molecule has 0 spiro atoms. The molecule has 0 radical (unpaired) electrons. The van der Waals surface area contributed by atoms with Gasteiger partial charge in [0, 0.05) is 18.1 Å². The highest BCUT2D eigenvalue weighted by molar-refractivity contribution is 6.14. The second-order valence-corrected chi connectivity index (χ2v) is 7.03. The third kappa shape index (κ3) is 3.28. The molecule has 4 rings (SSSR count). The Bertz CT molecular complexity index is 1020. The molecule has 1 aromatic heterocycles. The minimum atomic E-state index is -0.973. The lowest BCUT2D eigenvalue weighted by molar-refractivity contribution is -0.134. The maximum absolute atomic E-state index is 12.9. The Kier molecular flexibility index (Phi) is 4.36. The van der Waals surface area contributed by atoms with Crippen molar-refractivity contribution in [2.75, 3.05) is 5.32 Å². The zero-order valence-corrected chi connectivity index (χ0v) is 15.2. The standard InChI is InChI=1S/C22H21N3O2/c1-15-6-2-3-7-17(15)14-24-20(26)22(11-12-22)21(27)25-18-10-4-8-16-9-5-13-23-19(16)18/h2-10,13H,11-12,14H2,1H3,(H,24,26)(H,25,27). The third-order valence-corrected chi connectivity index (χ3v) is 5.20. The summed E-state index contributed by atoms with van der Waals surface area (Å²) in [6, 6.07) is 17.3. The average molecular weight is 359 g/mol. The minimum absolute atomic E-state index is 0.212. The lowest BCUT2D eigenvalue weighted by Crippen LogP contribution is -2.39. The molecule has 1 aliphatic rings. The first-order valence-corrected chi connectivity index (χ1v) is 9.08. The molecule has 5 heteroatoms. The second kappa shape index (κ2) is 6.83. The van der Waals surface area contributed by atoms with Crippen LogP contribution in [0.25, 0.3) is 10.9 Å². The van der Waals surface area contributed by atoms with Gasteiger partial charge in [0.25, 0.3) is 0 Å². The summed E-state index contributed by atoms with van der Waals surface area (Å²) in [5.41, 5.74) is 2.56. The van der Waals surface area contributed by atoms with Gasteiger partial charge in [0.15, 0.2) is 0 Å². The molecular formula is C22H21N3O2. The van der Waals surface area contributed by atoms with E-state index in [0.717, 1.165) is 22.0 Å². The van der Waals surface area contributed by atoms with E-state index in [4.69, 9.17) is 0 Å². The quantitative estimate of drug-likeness (QED) is 0.684. The van der Waals surface area contributed by atoms with E-state index in [1.165, 1.54) is 0 Å². The van der Waals surface area contributed by atoms with E-state index in [9.17, 15) is 9.59 Å². The molecule has 27 heavy (non-hydrogen) atoms. The summed E-state index contributed by atoms with van der Waals surface area (Å²) in [7, 11) is 0. The normalized spacial score (nSPS) is 14.6. The van der Waals surface area contributed by atoms with Crippen molar-refractivity contribution in [2.24, 2.45) is 5.41 Å². The summed E-state index contributed by atoms with van der Waals surface area (Å²) in [6.07, 6.45) is 2.83. The van der Waals surface area contributed by atoms with Gasteiger partial charge in [-0.25, -0.2) is 0 Å². The Balaban J connectivity index is 1.48. The Morgan fingerprint density at radius 1 is 1.00 bits per heavy atom. The molecule has 0 saturated heterocycles. The van der Waals surface area contributed by atoms with Gasteiger partial charge in [0.2, 0.25) is 11.8 Å². The van der Waals surface area contributed by atoms with Gasteiger partial charge in [-0.05, 0) is 43.0 Å². The number of para-hydroxylation sites is 1. The maximum Gasteiger partial charge on any atom is 0.240 e. The van der Waals surface area contributed by atoms with Crippen molar-refractivity contribution in [3.8, 4) is 0 Å². The van der Waals surface area contributed by atoms with Crippen LogP contribution in [0.15, 0.2) is 60.8 Å². The fraction of sp³-hybridized carbons (Fsp3) is 0.227. The molecule has 0 bridgehead atoms. The van der Waals surface area contributed by atoms with Gasteiger partial charge in [0.05, 0.1) is 11.2 Å². The van der Waals surface area contributed by atoms with Gasteiger partial charge in [-0.3, -0.25) is 14.6 Å². The van der Waals surface area contributed by atoms with Crippen molar-refractivity contribution < 1.29 is 9.59 Å². The van der Waals surface area contributed by atoms with Crippen molar-refractivity contribution in [3.05, 3.63) is 71.9 Å². The number of nitrogens with zero attached hydrogens (tertiary/aromatic N) is 1. The molecule has 2 N–H and O–H groups in total. The first-order chi connectivity index (χ1) is 13.1. The lowest BCUT2D eigenvalue weighted by atomic mass is 10.0. The molecule has 0 atom stereocenters. The van der Waals surface area contributed by atoms with Gasteiger partial charge < -0.3 is 10.6 Å². The zero-order chi connectivity index (χ0) is 18.9. The van der Waals surface area contributed by atoms with Gasteiger partial charge >= 0.3 is 0 Å². The van der Waals surface area contributed by atoms with Crippen LogP contribution in [0.3, 0.4) is 0 Å². The number of nitrogens with one attached hydrogen (secondary N) is 2. The molecule has 0 unspecified atom stereocenters. The number of hydrogen-bond acceptors (Lipinski definition) is 3. The largest absolute Gasteiger partial charge is 0.351 e. The number of rotatable bonds is 5. The van der Waals surface area contributed by atoms with Crippen molar-refractivity contribution in [2.45, 2.75) is 26.3 Å². The lowest BCUT2D eigenvalue weighted by Gasteiger charge is -2.16. The number of anilines is 1. The molecule has 3 aromatic rings. The monoisotopic (exact) mass is 359 g/mol. The first-order valence-electron chi connectivity index (χ1n) is 9.08. The van der Waals surface area contributed by atoms with Crippen LogP contribution >= 0.6 is 0 Å². The molecule has 2 aromatic carbocycles. The zero-order valence-electron chi connectivity index (χ0n) is 15.2. The fourth-order valence-corrected chi connectivity index (χ4v) is 3.28. The number of amides is 2. The average Bonchev–Trinajstić information content (AvgIpc) is 3.50. The van der Waals surface area contributed by atoms with E-state index < -0.39 is 5.41 Å². The molecular weight excluding hydrogens is 338 g/mol. The molecule has 136 valence electrons. The van der Waals surface area contributed by atoms with Crippen LogP contribution in [0.5, 0.6) is 0 Å². The van der Waals surface area contributed by atoms with Crippen LogP contribution < -0.4 is 10.6 Å². The van der Waals surface area contributed by atoms with Gasteiger partial charge in [-0.15, -0.1) is 0 Å². The van der Waals surface area contributed by atoms with Crippen LogP contribution in [-0.2, 0) is 16.1 Å². The summed E-state index contributed by atoms with van der Waals surface area (Å²) >= 11 is 0. The van der Waals surface area contributed by atoms with E-state index in [1.807, 2.05) is 61.5 Å². The minimum Gasteiger partial charge on any atom is -0.351 e. The highest BCUT2D eigenvalue weighted by atomic mass is 16.2. The van der Waals surface area contributed by atoms with Gasteiger partial charge in [-0.1, -0.05) is 42.5 Å². The highest BCUT2D eigenvalue weighted by Gasteiger charge is 2.56. The topological polar surface area (TPSA) is 71.1 Å². The molecule has 2 amide bonds. The van der Waals surface area contributed by atoms with Crippen LogP contribution in [0.1, 0.15) is 24.0 Å². The first kappa shape index (κ1) is 17.2. The van der Waals surface area contributed by atoms with E-state index in [1.54, 1.807) is 6.20 Å². The van der Waals surface area contributed by atoms with E-state index in [2.05, 4.69) is 15.6 Å². The smallest absolute Gasteiger partial charge is 0.240 e. The number of carbonyl (C=O) groups excluding carboxylic acids is 2. The molecule has 1 saturated carbocycles. The molecule has 1 fully saturated rings. The third-order valence-electron chi connectivity index (χ3n) is 5.20. The van der Waals surface area contributed by atoms with E-state index in [-0.39, 0.29) is 11.8 Å². The SMILES string of the molecule is Cc1ccccc1CNC(=O)C1(C(=O)Nc2cccc3cccnc23)CC1. The summed E-state index contributed by atoms with van der Waals surface area (Å²) < 4.78 is 0. The maximum atomic E-state index is 12.9. The summed E-state index contributed by atoms with van der Waals surface area (Å²) in [5, 5.41) is 6.80. The van der Waals surface area contributed by atoms with Crippen LogP contribution in [0, 0.1) is 12.3 Å². The van der Waals surface area contributed by atoms with Crippen LogP contribution in [-0.4, -0.2) is 16.8 Å². The van der Waals surface area contributed by atoms with Crippen molar-refractivity contribution in [3.63, 3.8) is 0 Å². The predicted molar refractivity (Wildman–Crippen MR) is 105 cm³/mol. The van der Waals surface area contributed by atoms with Crippen molar-refractivity contribution in [1.82, 2.24) is 10.3 Å². The second-order valence-electron chi connectivity index (χ2n) is 7.03. The number of fused-ring (bicyclic) bond motifs is 1. The predicted octanol–water partition coefficient (Wildman–Crippen LogP) is 3.58. The number of hydrogen-bond donors (Lipinski definition) is 2.